The number of nitrogens with one attached hydrogen (secondary N) is 4. The predicted octanol–water partition coefficient (Wildman–Crippen LogP) is 0.0526. The maximum absolute atomic E-state index is 12.2. The van der Waals surface area contributed by atoms with E-state index >= 15 is 0 Å². The first-order valence-corrected chi connectivity index (χ1v) is 9.34. The first-order valence-electron chi connectivity index (χ1n) is 9.34. The second-order valence-electron chi connectivity index (χ2n) is 7.17. The van der Waals surface area contributed by atoms with Crippen LogP contribution in [0, 0.1) is 0 Å². The molecule has 0 radical (unpaired) electrons. The Bertz CT molecular complexity index is 1020. The van der Waals surface area contributed by atoms with Crippen LogP contribution in [0.5, 0.6) is 0 Å². The molecule has 2 aromatic rings. The van der Waals surface area contributed by atoms with Crippen molar-refractivity contribution in [3.05, 3.63) is 48.6 Å². The normalized spacial score (nSPS) is 18.9. The lowest BCUT2D eigenvalue weighted by Crippen LogP contribution is -2.46. The molecule has 3 rings (SSSR count). The van der Waals surface area contributed by atoms with E-state index in [-0.39, 0.29) is 41.0 Å². The minimum absolute atomic E-state index is 0. The first kappa shape index (κ1) is 22.1. The quantitative estimate of drug-likeness (QED) is 0.557. The van der Waals surface area contributed by atoms with Crippen LogP contribution < -0.4 is 27.1 Å². The molecule has 1 saturated heterocycles. The molecule has 3 heterocycles. The van der Waals surface area contributed by atoms with Crippen molar-refractivity contribution in [3.63, 3.8) is 0 Å². The molecular formula is C19H28ClN5O3. The summed E-state index contributed by atoms with van der Waals surface area (Å²) in [5, 5.41) is 3.70. The zero-order valence-electron chi connectivity index (χ0n) is 16.4. The fourth-order valence-electron chi connectivity index (χ4n) is 3.41. The second-order valence-corrected chi connectivity index (χ2v) is 7.17. The highest BCUT2D eigenvalue weighted by Crippen LogP contribution is 2.26. The van der Waals surface area contributed by atoms with Crippen LogP contribution >= 0.6 is 12.4 Å². The molecule has 2 atom stereocenters. The summed E-state index contributed by atoms with van der Waals surface area (Å²) in [4.78, 5) is 37.2. The molecule has 2 aromatic heterocycles. The zero-order valence-corrected chi connectivity index (χ0v) is 17.2. The number of aromatic nitrogens is 4. The van der Waals surface area contributed by atoms with Crippen LogP contribution in [0.3, 0.4) is 0 Å². The summed E-state index contributed by atoms with van der Waals surface area (Å²) < 4.78 is 5.60. The molecule has 9 heteroatoms. The van der Waals surface area contributed by atoms with Crippen LogP contribution in [-0.2, 0) is 4.74 Å². The molecule has 28 heavy (non-hydrogen) atoms. The Hall–Kier alpha value is -2.16. The number of aromatic amines is 3. The molecule has 0 aromatic carbocycles. The summed E-state index contributed by atoms with van der Waals surface area (Å²) in [6, 6.07) is 0.191. The van der Waals surface area contributed by atoms with E-state index in [1.165, 1.54) is 0 Å². The molecule has 0 amide bonds. The van der Waals surface area contributed by atoms with Gasteiger partial charge in [0, 0.05) is 24.2 Å². The van der Waals surface area contributed by atoms with E-state index in [0.29, 0.717) is 12.3 Å². The molecule has 0 bridgehead atoms. The number of imidazole rings is 1. The Morgan fingerprint density at radius 1 is 1.25 bits per heavy atom. The van der Waals surface area contributed by atoms with Crippen LogP contribution in [-0.4, -0.2) is 45.7 Å². The molecular weight excluding hydrogens is 382 g/mol. The van der Waals surface area contributed by atoms with Crippen molar-refractivity contribution in [1.82, 2.24) is 25.3 Å². The smallest absolute Gasteiger partial charge is 0.272 e. The Balaban J connectivity index is 0.00000280. The highest BCUT2D eigenvalue weighted by molar-refractivity contribution is 5.85. The Morgan fingerprint density at radius 2 is 2.00 bits per heavy atom. The third-order valence-electron chi connectivity index (χ3n) is 4.90. The van der Waals surface area contributed by atoms with Gasteiger partial charge in [0.1, 0.15) is 11.2 Å². The van der Waals surface area contributed by atoms with Crippen LogP contribution in [0.25, 0.3) is 12.7 Å². The van der Waals surface area contributed by atoms with Gasteiger partial charge in [-0.2, -0.15) is 0 Å². The standard InChI is InChI=1S/C19H27N5O3.ClH/c1-5-12(15-9-27-7-6-20-15)17-22-13(16(24-17)10(2)3)8-14-19(26)21-11(4)18(25)23-14;/h8,10,12,15,20H,4-7,9H2,1-3H3,(H,21,26)(H,22,24)(H,23,25);1H. The van der Waals surface area contributed by atoms with Crippen LogP contribution in [0.1, 0.15) is 56.2 Å². The molecule has 4 N–H and O–H groups in total. The number of nitrogens with zero attached hydrogens (tertiary/aromatic N) is 1. The molecule has 1 fully saturated rings. The molecule has 1 aliphatic heterocycles. The number of ether oxygens (including phenoxy) is 1. The van der Waals surface area contributed by atoms with Gasteiger partial charge in [-0.25, -0.2) is 4.98 Å². The van der Waals surface area contributed by atoms with Gasteiger partial charge in [0.05, 0.1) is 24.3 Å². The highest BCUT2D eigenvalue weighted by atomic mass is 35.5. The number of rotatable bonds is 5. The van der Waals surface area contributed by atoms with Gasteiger partial charge in [0.25, 0.3) is 11.1 Å². The summed E-state index contributed by atoms with van der Waals surface area (Å²) >= 11 is 0. The summed E-state index contributed by atoms with van der Waals surface area (Å²) in [5.41, 5.74) is 0.776. The maximum Gasteiger partial charge on any atom is 0.272 e. The van der Waals surface area contributed by atoms with Gasteiger partial charge in [-0.15, -0.1) is 12.4 Å². The van der Waals surface area contributed by atoms with E-state index in [0.717, 1.165) is 31.1 Å². The number of hydrogen-bond acceptors (Lipinski definition) is 5. The van der Waals surface area contributed by atoms with E-state index in [9.17, 15) is 9.59 Å². The largest absolute Gasteiger partial charge is 0.378 e. The van der Waals surface area contributed by atoms with Crippen LogP contribution in [0.4, 0.5) is 0 Å². The van der Waals surface area contributed by atoms with Gasteiger partial charge in [0.15, 0.2) is 0 Å². The van der Waals surface area contributed by atoms with Crippen molar-refractivity contribution >= 4 is 25.1 Å². The SMILES string of the molecule is C=c1[nH]c(=O)c(=Cc2nc(C(CC)C3COCCN3)[nH]c2C(C)C)[nH]c1=O.Cl. The lowest BCUT2D eigenvalue weighted by Gasteiger charge is -2.29. The zero-order chi connectivity index (χ0) is 19.6. The van der Waals surface area contributed by atoms with Crippen LogP contribution in [0.2, 0.25) is 0 Å². The minimum Gasteiger partial charge on any atom is -0.378 e. The van der Waals surface area contributed by atoms with Gasteiger partial charge in [-0.1, -0.05) is 27.4 Å². The third-order valence-corrected chi connectivity index (χ3v) is 4.90. The van der Waals surface area contributed by atoms with E-state index in [1.807, 2.05) is 0 Å². The molecule has 8 nitrogen and oxygen atoms in total. The number of halogens is 1. The maximum atomic E-state index is 12.2. The topological polar surface area (TPSA) is 116 Å². The van der Waals surface area contributed by atoms with E-state index in [1.54, 1.807) is 6.08 Å². The van der Waals surface area contributed by atoms with Crippen LogP contribution in [0.15, 0.2) is 9.59 Å². The average molecular weight is 410 g/mol. The van der Waals surface area contributed by atoms with Crippen molar-refractivity contribution in [2.45, 2.75) is 45.1 Å². The van der Waals surface area contributed by atoms with Gasteiger partial charge >= 0.3 is 0 Å². The number of H-pyrrole nitrogens is 3. The number of morpholine rings is 1. The van der Waals surface area contributed by atoms with Gasteiger partial charge in [-0.05, 0) is 18.4 Å². The molecule has 2 unspecified atom stereocenters. The Labute approximate surface area is 168 Å². The summed E-state index contributed by atoms with van der Waals surface area (Å²) in [7, 11) is 0. The molecule has 0 saturated carbocycles. The summed E-state index contributed by atoms with van der Waals surface area (Å²) in [5.74, 6) is 1.22. The Morgan fingerprint density at radius 3 is 2.61 bits per heavy atom. The van der Waals surface area contributed by atoms with Gasteiger partial charge < -0.3 is 25.0 Å². The molecule has 1 aliphatic rings. The van der Waals surface area contributed by atoms with E-state index < -0.39 is 11.1 Å². The van der Waals surface area contributed by atoms with Crippen molar-refractivity contribution in [2.75, 3.05) is 19.8 Å². The monoisotopic (exact) mass is 409 g/mol. The summed E-state index contributed by atoms with van der Waals surface area (Å²) in [6.45, 7) is 11.9. The Kier molecular flexibility index (Phi) is 7.40. The number of hydrogen-bond donors (Lipinski definition) is 4. The predicted molar refractivity (Wildman–Crippen MR) is 112 cm³/mol. The lowest BCUT2D eigenvalue weighted by molar-refractivity contribution is 0.0664. The highest BCUT2D eigenvalue weighted by Gasteiger charge is 2.27. The van der Waals surface area contributed by atoms with Crippen molar-refractivity contribution in [1.29, 1.82) is 0 Å². The van der Waals surface area contributed by atoms with E-state index in [2.05, 4.69) is 47.6 Å². The van der Waals surface area contributed by atoms with Gasteiger partial charge in [-0.3, -0.25) is 9.59 Å². The first-order chi connectivity index (χ1) is 12.9. The average Bonchev–Trinajstić information content (AvgIpc) is 3.05. The minimum atomic E-state index is -0.419. The van der Waals surface area contributed by atoms with Gasteiger partial charge in [0.2, 0.25) is 0 Å². The fourth-order valence-corrected chi connectivity index (χ4v) is 3.41. The fraction of sp³-hybridized carbons (Fsp3) is 0.526. The van der Waals surface area contributed by atoms with E-state index in [4.69, 9.17) is 9.72 Å². The lowest BCUT2D eigenvalue weighted by atomic mass is 9.96. The molecule has 0 spiro atoms. The summed E-state index contributed by atoms with van der Waals surface area (Å²) in [6.07, 6.45) is 2.52. The van der Waals surface area contributed by atoms with Crippen molar-refractivity contribution in [3.8, 4) is 0 Å². The molecule has 0 aliphatic carbocycles. The van der Waals surface area contributed by atoms with Crippen molar-refractivity contribution in [2.24, 2.45) is 0 Å². The third kappa shape index (κ3) is 4.63. The van der Waals surface area contributed by atoms with Crippen molar-refractivity contribution < 1.29 is 4.74 Å². The molecule has 154 valence electrons. The second kappa shape index (κ2) is 9.36.